The van der Waals surface area contributed by atoms with Crippen LogP contribution >= 0.6 is 0 Å². The first-order valence-electron chi connectivity index (χ1n) is 6.63. The third-order valence-electron chi connectivity index (χ3n) is 3.15. The molecule has 0 aliphatic heterocycles. The van der Waals surface area contributed by atoms with Gasteiger partial charge in [0.15, 0.2) is 5.84 Å². The first-order chi connectivity index (χ1) is 10.1. The highest BCUT2D eigenvalue weighted by Crippen LogP contribution is 2.15. The van der Waals surface area contributed by atoms with E-state index in [2.05, 4.69) is 10.5 Å². The quantitative estimate of drug-likeness (QED) is 0.328. The fourth-order valence-corrected chi connectivity index (χ4v) is 2.02. The molecule has 0 radical (unpaired) electrons. The first-order valence-corrected chi connectivity index (χ1v) is 6.63. The van der Waals surface area contributed by atoms with Crippen LogP contribution in [0.5, 0.6) is 0 Å². The Bertz CT molecular complexity index is 600. The van der Waals surface area contributed by atoms with Gasteiger partial charge < -0.3 is 20.4 Å². The molecule has 21 heavy (non-hydrogen) atoms. The molecule has 0 bridgehead atoms. The van der Waals surface area contributed by atoms with Crippen molar-refractivity contribution in [3.8, 4) is 0 Å². The molecule has 0 atom stereocenters. The van der Waals surface area contributed by atoms with Gasteiger partial charge in [-0.15, -0.1) is 0 Å². The smallest absolute Gasteiger partial charge is 0.423 e. The van der Waals surface area contributed by atoms with Crippen molar-refractivity contribution in [2.45, 2.75) is 0 Å². The van der Waals surface area contributed by atoms with Crippen molar-refractivity contribution in [2.24, 2.45) is 5.10 Å². The predicted octanol–water partition coefficient (Wildman–Crippen LogP) is 0.384. The second-order valence-electron chi connectivity index (χ2n) is 4.55. The number of nitrogens with one attached hydrogen (secondary N) is 1. The highest BCUT2D eigenvalue weighted by molar-refractivity contribution is 6.58. The Morgan fingerprint density at radius 1 is 1.05 bits per heavy atom. The van der Waals surface area contributed by atoms with Crippen LogP contribution in [0.4, 0.5) is 5.69 Å². The number of rotatable bonds is 4. The van der Waals surface area contributed by atoms with Crippen LogP contribution < -0.4 is 15.8 Å². The summed E-state index contributed by atoms with van der Waals surface area (Å²) in [5.41, 5.74) is 5.14. The maximum Gasteiger partial charge on any atom is 0.488 e. The lowest BCUT2D eigenvalue weighted by Gasteiger charge is -2.21. The van der Waals surface area contributed by atoms with E-state index in [9.17, 15) is 0 Å². The molecule has 3 N–H and O–H groups in total. The topological polar surface area (TPSA) is 68.1 Å². The molecule has 0 unspecified atom stereocenters. The highest BCUT2D eigenvalue weighted by Gasteiger charge is 2.14. The first kappa shape index (κ1) is 15.1. The molecule has 0 aromatic heterocycles. The monoisotopic (exact) mass is 283 g/mol. The molecular formula is C15H18BN3O2. The van der Waals surface area contributed by atoms with Crippen LogP contribution in [0, 0.1) is 0 Å². The SMILES string of the molecule is CN/N=C(/c1ccc(B(O)O)cc1)N(C)c1ccccc1. The molecular weight excluding hydrogens is 265 g/mol. The van der Waals surface area contributed by atoms with Crippen LogP contribution in [0.1, 0.15) is 5.56 Å². The lowest BCUT2D eigenvalue weighted by Crippen LogP contribution is -2.32. The summed E-state index contributed by atoms with van der Waals surface area (Å²) in [6.07, 6.45) is 0. The van der Waals surface area contributed by atoms with E-state index >= 15 is 0 Å². The van der Waals surface area contributed by atoms with Gasteiger partial charge in [-0.25, -0.2) is 0 Å². The van der Waals surface area contributed by atoms with Crippen molar-refractivity contribution >= 4 is 24.1 Å². The van der Waals surface area contributed by atoms with Crippen molar-refractivity contribution in [3.05, 3.63) is 60.2 Å². The summed E-state index contributed by atoms with van der Waals surface area (Å²) < 4.78 is 0. The molecule has 0 aliphatic rings. The van der Waals surface area contributed by atoms with Gasteiger partial charge in [-0.1, -0.05) is 42.5 Å². The number of hydrazone groups is 1. The minimum atomic E-state index is -1.46. The van der Waals surface area contributed by atoms with Crippen molar-refractivity contribution in [1.82, 2.24) is 5.43 Å². The van der Waals surface area contributed by atoms with Crippen LogP contribution in [0.3, 0.4) is 0 Å². The number of nitrogens with zero attached hydrogens (tertiary/aromatic N) is 2. The van der Waals surface area contributed by atoms with E-state index in [1.54, 1.807) is 19.2 Å². The molecule has 6 heteroatoms. The molecule has 0 saturated carbocycles. The third kappa shape index (κ3) is 3.62. The molecule has 0 heterocycles. The summed E-state index contributed by atoms with van der Waals surface area (Å²) in [4.78, 5) is 1.96. The summed E-state index contributed by atoms with van der Waals surface area (Å²) in [5.74, 6) is 0.739. The minimum absolute atomic E-state index is 0.449. The maximum atomic E-state index is 9.15. The average Bonchev–Trinajstić information content (AvgIpc) is 2.53. The maximum absolute atomic E-state index is 9.15. The fourth-order valence-electron chi connectivity index (χ4n) is 2.02. The van der Waals surface area contributed by atoms with Gasteiger partial charge in [0.25, 0.3) is 0 Å². The molecule has 2 rings (SSSR count). The van der Waals surface area contributed by atoms with Crippen LogP contribution in [-0.2, 0) is 0 Å². The molecule has 0 amide bonds. The minimum Gasteiger partial charge on any atom is -0.423 e. The molecule has 0 fully saturated rings. The zero-order chi connectivity index (χ0) is 15.2. The van der Waals surface area contributed by atoms with Crippen molar-refractivity contribution in [3.63, 3.8) is 0 Å². The second kappa shape index (κ2) is 6.92. The van der Waals surface area contributed by atoms with E-state index in [1.807, 2.05) is 54.4 Å². The summed E-state index contributed by atoms with van der Waals surface area (Å²) in [5, 5.41) is 22.6. The van der Waals surface area contributed by atoms with Gasteiger partial charge in [0.1, 0.15) is 0 Å². The summed E-state index contributed by atoms with van der Waals surface area (Å²) in [7, 11) is 2.21. The molecule has 2 aromatic carbocycles. The number of hydrogen-bond donors (Lipinski definition) is 3. The van der Waals surface area contributed by atoms with E-state index in [0.29, 0.717) is 5.46 Å². The Hall–Kier alpha value is -2.31. The largest absolute Gasteiger partial charge is 0.488 e. The molecule has 2 aromatic rings. The molecule has 0 spiro atoms. The number of anilines is 1. The molecule has 108 valence electrons. The van der Waals surface area contributed by atoms with E-state index in [4.69, 9.17) is 10.0 Å². The van der Waals surface area contributed by atoms with E-state index in [0.717, 1.165) is 17.1 Å². The Labute approximate surface area is 124 Å². The molecule has 0 saturated heterocycles. The Morgan fingerprint density at radius 3 is 2.19 bits per heavy atom. The summed E-state index contributed by atoms with van der Waals surface area (Å²) in [6, 6.07) is 16.8. The number of benzene rings is 2. The zero-order valence-electron chi connectivity index (χ0n) is 12.1. The number of para-hydroxylation sites is 1. The summed E-state index contributed by atoms with van der Waals surface area (Å²) in [6.45, 7) is 0. The number of hydrogen-bond acceptors (Lipinski definition) is 4. The second-order valence-corrected chi connectivity index (χ2v) is 4.55. The molecule has 5 nitrogen and oxygen atoms in total. The van der Waals surface area contributed by atoms with Crippen LogP contribution in [0.15, 0.2) is 59.7 Å². The standard InChI is InChI=1S/C15H18BN3O2/c1-17-18-15(19(2)14-6-4-3-5-7-14)12-8-10-13(11-9-12)16(20)21/h3-11,17,20-21H,1-2H3/b18-15-. The van der Waals surface area contributed by atoms with Gasteiger partial charge in [0, 0.05) is 25.3 Å². The van der Waals surface area contributed by atoms with Gasteiger partial charge in [0.2, 0.25) is 0 Å². The number of amidine groups is 1. The van der Waals surface area contributed by atoms with Gasteiger partial charge >= 0.3 is 7.12 Å². The van der Waals surface area contributed by atoms with Gasteiger partial charge in [0.05, 0.1) is 0 Å². The normalized spacial score (nSPS) is 11.1. The summed E-state index contributed by atoms with van der Waals surface area (Å²) >= 11 is 0. The van der Waals surface area contributed by atoms with Crippen LogP contribution in [0.25, 0.3) is 0 Å². The fraction of sp³-hybridized carbons (Fsp3) is 0.133. The van der Waals surface area contributed by atoms with Gasteiger partial charge in [-0.2, -0.15) is 5.10 Å². The lowest BCUT2D eigenvalue weighted by atomic mass is 9.80. The Morgan fingerprint density at radius 2 is 1.67 bits per heavy atom. The van der Waals surface area contributed by atoms with E-state index < -0.39 is 7.12 Å². The predicted molar refractivity (Wildman–Crippen MR) is 86.7 cm³/mol. The Balaban J connectivity index is 2.33. The van der Waals surface area contributed by atoms with Crippen molar-refractivity contribution in [2.75, 3.05) is 19.0 Å². The lowest BCUT2D eigenvalue weighted by molar-refractivity contribution is 0.426. The zero-order valence-corrected chi connectivity index (χ0v) is 12.1. The Kier molecular flexibility index (Phi) is 4.97. The van der Waals surface area contributed by atoms with E-state index in [-0.39, 0.29) is 0 Å². The van der Waals surface area contributed by atoms with Crippen LogP contribution in [-0.4, -0.2) is 37.1 Å². The highest BCUT2D eigenvalue weighted by atomic mass is 16.4. The van der Waals surface area contributed by atoms with Crippen molar-refractivity contribution in [1.29, 1.82) is 0 Å². The van der Waals surface area contributed by atoms with Gasteiger partial charge in [-0.05, 0) is 17.6 Å². The molecule has 0 aliphatic carbocycles. The van der Waals surface area contributed by atoms with Crippen LogP contribution in [0.2, 0.25) is 0 Å². The van der Waals surface area contributed by atoms with E-state index in [1.165, 1.54) is 0 Å². The average molecular weight is 283 g/mol. The third-order valence-corrected chi connectivity index (χ3v) is 3.15. The van der Waals surface area contributed by atoms with Gasteiger partial charge in [-0.3, -0.25) is 0 Å². The van der Waals surface area contributed by atoms with Crippen molar-refractivity contribution < 1.29 is 10.0 Å².